The van der Waals surface area contributed by atoms with E-state index in [1.165, 1.54) is 20.9 Å². The predicted octanol–water partition coefficient (Wildman–Crippen LogP) is 7.20. The molecule has 0 aromatic heterocycles. The number of hydrogen-bond donors (Lipinski definition) is 0. The molecule has 0 amide bonds. The average Bonchev–Trinajstić information content (AvgIpc) is 2.71. The molecule has 0 atom stereocenters. The van der Waals surface area contributed by atoms with Crippen molar-refractivity contribution in [3.8, 4) is 0 Å². The molecule has 0 spiro atoms. The maximum atomic E-state index is 13.1. The van der Waals surface area contributed by atoms with Crippen molar-refractivity contribution in [3.05, 3.63) is 95.6 Å². The third-order valence-corrected chi connectivity index (χ3v) is 7.61. The second kappa shape index (κ2) is 8.81. The van der Waals surface area contributed by atoms with Crippen molar-refractivity contribution in [1.29, 1.82) is 0 Å². The molecule has 0 radical (unpaired) electrons. The first-order chi connectivity index (χ1) is 14.1. The number of carbonyl (C=O) groups excluding carboxylic acids is 1. The molecule has 0 bridgehead atoms. The van der Waals surface area contributed by atoms with Crippen molar-refractivity contribution < 1.29 is 4.79 Å². The SMILES string of the molecule is CC(C)(C)c1ccc([S+](CC(=O)c2ccccc2)c2ccc(C(C)(C)C)cc2)cc1. The lowest BCUT2D eigenvalue weighted by Gasteiger charge is -2.20. The molecule has 0 fully saturated rings. The second-order valence-electron chi connectivity index (χ2n) is 9.87. The molecule has 0 saturated heterocycles. The first-order valence-corrected chi connectivity index (χ1v) is 12.0. The maximum absolute atomic E-state index is 13.1. The Morgan fingerprint density at radius 3 is 1.40 bits per heavy atom. The van der Waals surface area contributed by atoms with Crippen LogP contribution in [0.5, 0.6) is 0 Å². The minimum absolute atomic E-state index is 0.116. The zero-order valence-corrected chi connectivity index (χ0v) is 19.8. The smallest absolute Gasteiger partial charge is 0.212 e. The third-order valence-electron chi connectivity index (χ3n) is 5.38. The highest BCUT2D eigenvalue weighted by Crippen LogP contribution is 2.30. The van der Waals surface area contributed by atoms with Crippen LogP contribution in [0.2, 0.25) is 0 Å². The van der Waals surface area contributed by atoms with Gasteiger partial charge in [0, 0.05) is 5.56 Å². The zero-order chi connectivity index (χ0) is 21.9. The number of Topliss-reactive ketones (excluding diaryl/α,β-unsaturated/α-hetero) is 1. The summed E-state index contributed by atoms with van der Waals surface area (Å²) >= 11 is 0. The summed E-state index contributed by atoms with van der Waals surface area (Å²) < 4.78 is 0. The summed E-state index contributed by atoms with van der Waals surface area (Å²) in [5, 5.41) is 0. The highest BCUT2D eigenvalue weighted by molar-refractivity contribution is 7.97. The van der Waals surface area contributed by atoms with Crippen molar-refractivity contribution in [2.45, 2.75) is 62.2 Å². The van der Waals surface area contributed by atoms with Crippen molar-refractivity contribution in [2.75, 3.05) is 5.75 Å². The number of benzene rings is 3. The topological polar surface area (TPSA) is 17.1 Å². The Labute approximate surface area is 184 Å². The van der Waals surface area contributed by atoms with Gasteiger partial charge in [-0.25, -0.2) is 0 Å². The van der Waals surface area contributed by atoms with Gasteiger partial charge in [-0.15, -0.1) is 0 Å². The van der Waals surface area contributed by atoms with E-state index in [1.54, 1.807) is 0 Å². The lowest BCUT2D eigenvalue weighted by Crippen LogP contribution is -2.19. The van der Waals surface area contributed by atoms with Gasteiger partial charge in [-0.2, -0.15) is 0 Å². The largest absolute Gasteiger partial charge is 0.289 e. The van der Waals surface area contributed by atoms with Crippen LogP contribution < -0.4 is 0 Å². The van der Waals surface area contributed by atoms with Crippen molar-refractivity contribution >= 4 is 16.7 Å². The molecule has 0 saturated carbocycles. The Bertz CT molecular complexity index is 915. The Balaban J connectivity index is 1.97. The van der Waals surface area contributed by atoms with Crippen LogP contribution in [0.25, 0.3) is 0 Å². The standard InChI is InChI=1S/C28H33OS/c1-27(2,3)22-12-16-24(17-13-22)30(20-26(29)21-10-8-7-9-11-21)25-18-14-23(15-19-25)28(4,5)6/h7-19H,20H2,1-6H3/q+1. The summed E-state index contributed by atoms with van der Waals surface area (Å²) in [5.74, 6) is 0.687. The lowest BCUT2D eigenvalue weighted by molar-refractivity contribution is 0.102. The zero-order valence-electron chi connectivity index (χ0n) is 19.0. The van der Waals surface area contributed by atoms with Crippen molar-refractivity contribution in [2.24, 2.45) is 0 Å². The Kier molecular flexibility index (Phi) is 6.57. The molecule has 0 unspecified atom stereocenters. The Morgan fingerprint density at radius 1 is 0.633 bits per heavy atom. The average molecular weight is 418 g/mol. The Morgan fingerprint density at radius 2 is 1.03 bits per heavy atom. The van der Waals surface area contributed by atoms with E-state index >= 15 is 0 Å². The molecular formula is C28H33OS+. The first kappa shape index (κ1) is 22.4. The number of ketones is 1. The van der Waals surface area contributed by atoms with Gasteiger partial charge in [0.1, 0.15) is 0 Å². The van der Waals surface area contributed by atoms with E-state index < -0.39 is 0 Å². The van der Waals surface area contributed by atoms with E-state index in [2.05, 4.69) is 90.1 Å². The third kappa shape index (κ3) is 5.43. The monoisotopic (exact) mass is 417 g/mol. The molecule has 0 aliphatic carbocycles. The minimum Gasteiger partial charge on any atom is -0.289 e. The molecule has 3 aromatic carbocycles. The van der Waals surface area contributed by atoms with Crippen molar-refractivity contribution in [1.82, 2.24) is 0 Å². The van der Waals surface area contributed by atoms with E-state index in [0.29, 0.717) is 5.75 Å². The van der Waals surface area contributed by atoms with Crippen LogP contribution in [-0.2, 0) is 21.7 Å². The second-order valence-corrected chi connectivity index (χ2v) is 11.9. The number of carbonyl (C=O) groups is 1. The number of rotatable bonds is 5. The van der Waals surface area contributed by atoms with Gasteiger partial charge in [-0.3, -0.25) is 4.79 Å². The van der Waals surface area contributed by atoms with Gasteiger partial charge in [0.15, 0.2) is 15.5 Å². The summed E-state index contributed by atoms with van der Waals surface area (Å²) in [7, 11) is -0.301. The van der Waals surface area contributed by atoms with Gasteiger partial charge in [0.05, 0.1) is 10.9 Å². The predicted molar refractivity (Wildman–Crippen MR) is 130 cm³/mol. The molecule has 3 rings (SSSR count). The van der Waals surface area contributed by atoms with Crippen LogP contribution in [0.1, 0.15) is 63.0 Å². The van der Waals surface area contributed by atoms with Crippen LogP contribution in [0.3, 0.4) is 0 Å². The van der Waals surface area contributed by atoms with E-state index in [9.17, 15) is 4.79 Å². The van der Waals surface area contributed by atoms with Gasteiger partial charge < -0.3 is 0 Å². The van der Waals surface area contributed by atoms with Crippen LogP contribution in [0, 0.1) is 0 Å². The molecular weight excluding hydrogens is 384 g/mol. The summed E-state index contributed by atoms with van der Waals surface area (Å²) in [5.41, 5.74) is 3.64. The fourth-order valence-corrected chi connectivity index (χ4v) is 5.34. The first-order valence-electron chi connectivity index (χ1n) is 10.6. The van der Waals surface area contributed by atoms with Crippen LogP contribution in [0.4, 0.5) is 0 Å². The van der Waals surface area contributed by atoms with Gasteiger partial charge >= 0.3 is 0 Å². The van der Waals surface area contributed by atoms with E-state index in [-0.39, 0.29) is 27.5 Å². The molecule has 1 nitrogen and oxygen atoms in total. The van der Waals surface area contributed by atoms with Crippen LogP contribution in [0.15, 0.2) is 88.7 Å². The highest BCUT2D eigenvalue weighted by Gasteiger charge is 2.30. The summed E-state index contributed by atoms with van der Waals surface area (Å²) in [4.78, 5) is 15.5. The maximum Gasteiger partial charge on any atom is 0.212 e. The molecule has 0 aliphatic heterocycles. The van der Waals surface area contributed by atoms with Crippen LogP contribution in [-0.4, -0.2) is 11.5 Å². The van der Waals surface area contributed by atoms with Gasteiger partial charge in [0.25, 0.3) is 0 Å². The van der Waals surface area contributed by atoms with E-state index in [1.807, 2.05) is 30.3 Å². The summed E-state index contributed by atoms with van der Waals surface area (Å²) in [6, 6.07) is 27.3. The van der Waals surface area contributed by atoms with Gasteiger partial charge in [0.2, 0.25) is 5.78 Å². The van der Waals surface area contributed by atoms with Gasteiger partial charge in [-0.1, -0.05) is 96.1 Å². The molecule has 30 heavy (non-hydrogen) atoms. The lowest BCUT2D eigenvalue weighted by atomic mass is 9.87. The summed E-state index contributed by atoms with van der Waals surface area (Å²) in [6.07, 6.45) is 0. The molecule has 2 heteroatoms. The van der Waals surface area contributed by atoms with E-state index in [0.717, 1.165) is 5.56 Å². The quantitative estimate of drug-likeness (QED) is 0.317. The van der Waals surface area contributed by atoms with Crippen molar-refractivity contribution in [3.63, 3.8) is 0 Å². The fraction of sp³-hybridized carbons (Fsp3) is 0.321. The Hall–Kier alpha value is -2.32. The number of hydrogen-bond acceptors (Lipinski definition) is 1. The van der Waals surface area contributed by atoms with E-state index in [4.69, 9.17) is 0 Å². The molecule has 156 valence electrons. The normalized spacial score (nSPS) is 12.2. The summed E-state index contributed by atoms with van der Waals surface area (Å²) in [6.45, 7) is 13.4. The minimum atomic E-state index is -0.301. The fourth-order valence-electron chi connectivity index (χ4n) is 3.38. The molecule has 0 N–H and O–H groups in total. The van der Waals surface area contributed by atoms with Crippen LogP contribution >= 0.6 is 0 Å². The van der Waals surface area contributed by atoms with Gasteiger partial charge in [-0.05, 0) is 46.2 Å². The molecule has 0 heterocycles. The molecule has 0 aliphatic rings. The molecule has 3 aromatic rings. The highest BCUT2D eigenvalue weighted by atomic mass is 32.2.